The van der Waals surface area contributed by atoms with Crippen LogP contribution in [0.5, 0.6) is 23.0 Å². The molecule has 1 heterocycles. The van der Waals surface area contributed by atoms with E-state index in [9.17, 15) is 36.6 Å². The molecule has 2 atom stereocenters. The lowest BCUT2D eigenvalue weighted by atomic mass is 9.87. The van der Waals surface area contributed by atoms with Crippen LogP contribution in [0.1, 0.15) is 156 Å². The number of carbonyl (C=O) groups is 2. The molecule has 88 heavy (non-hydrogen) atoms. The topological polar surface area (TPSA) is 209 Å². The van der Waals surface area contributed by atoms with E-state index in [0.717, 1.165) is 53.0 Å². The second-order valence-electron chi connectivity index (χ2n) is 26.7. The maximum absolute atomic E-state index is 13.2. The molecule has 2 unspecified atom stereocenters. The normalized spacial score (nSPS) is 14.0. The number of unbranched alkanes of at least 4 members (excludes halogenated alkanes) is 2. The second kappa shape index (κ2) is 28.5. The highest BCUT2D eigenvalue weighted by Crippen LogP contribution is 2.56. The monoisotopic (exact) mass is 1310 g/mol. The number of aromatic hydroxyl groups is 2. The van der Waals surface area contributed by atoms with Crippen molar-refractivity contribution in [1.82, 2.24) is 20.1 Å². The molecule has 0 fully saturated rings. The molecule has 6 N–H and O–H groups in total. The van der Waals surface area contributed by atoms with Crippen LogP contribution >= 0.6 is 47.0 Å². The molecule has 20 heteroatoms. The molecule has 2 amide bonds. The van der Waals surface area contributed by atoms with E-state index in [0.29, 0.717) is 56.8 Å². The molecule has 6 aromatic carbocycles. The summed E-state index contributed by atoms with van der Waals surface area (Å²) >= 11 is 5.67. The molecule has 6 aromatic rings. The SMILES string of the molecule is Cc1ccc(S(=O)(=O)NC(C)C(=O)NCCCCOc2c3cc(C(C)(C)C)cc2Sc2cc(C(C)(C)C)cc(c2O)Sc2cc(C(C)(C)C)cc(c2OCCCCNC(=O)C(C)NS(=O)(=O)c2ccc(C)cc2)Sc2cc(C(C)(C)C)cc(c2O)S3)cc1. The minimum Gasteiger partial charge on any atom is -0.506 e. The van der Waals surface area contributed by atoms with Gasteiger partial charge in [-0.15, -0.1) is 0 Å². The van der Waals surface area contributed by atoms with Crippen LogP contribution in [0.25, 0.3) is 0 Å². The number of ether oxygens (including phenoxy) is 2. The van der Waals surface area contributed by atoms with Gasteiger partial charge in [-0.1, -0.05) is 166 Å². The van der Waals surface area contributed by atoms with E-state index in [1.165, 1.54) is 85.2 Å². The van der Waals surface area contributed by atoms with Crippen molar-refractivity contribution in [2.24, 2.45) is 0 Å². The molecule has 0 spiro atoms. The molecule has 0 saturated heterocycles. The van der Waals surface area contributed by atoms with Crippen molar-refractivity contribution in [3.63, 3.8) is 0 Å². The number of rotatable bonds is 20. The first-order chi connectivity index (χ1) is 40.9. The number of amides is 2. The Balaban J connectivity index is 1.23. The van der Waals surface area contributed by atoms with E-state index < -0.39 is 43.9 Å². The third-order valence-corrected chi connectivity index (χ3v) is 22.1. The fourth-order valence-electron chi connectivity index (χ4n) is 9.10. The number of phenols is 2. The van der Waals surface area contributed by atoms with Crippen molar-refractivity contribution in [1.29, 1.82) is 0 Å². The van der Waals surface area contributed by atoms with E-state index in [1.54, 1.807) is 24.3 Å². The lowest BCUT2D eigenvalue weighted by molar-refractivity contribution is -0.123. The van der Waals surface area contributed by atoms with E-state index in [4.69, 9.17) is 9.47 Å². The fourth-order valence-corrected chi connectivity index (χ4v) is 16.1. The predicted octanol–water partition coefficient (Wildman–Crippen LogP) is 15.1. The van der Waals surface area contributed by atoms with Gasteiger partial charge in [0.25, 0.3) is 0 Å². The molecule has 14 nitrogen and oxygen atoms in total. The summed E-state index contributed by atoms with van der Waals surface area (Å²) in [5.74, 6) is 0.440. The van der Waals surface area contributed by atoms with Crippen LogP contribution in [0, 0.1) is 13.8 Å². The smallest absolute Gasteiger partial charge is 0.241 e. The predicted molar refractivity (Wildman–Crippen MR) is 358 cm³/mol. The summed E-state index contributed by atoms with van der Waals surface area (Å²) in [5.41, 5.74) is 4.53. The van der Waals surface area contributed by atoms with Gasteiger partial charge in [-0.05, 0) is 170 Å². The molecule has 476 valence electrons. The van der Waals surface area contributed by atoms with E-state index in [-0.39, 0.29) is 69.3 Å². The summed E-state index contributed by atoms with van der Waals surface area (Å²) in [4.78, 5) is 32.1. The Morgan fingerprint density at radius 3 is 0.932 bits per heavy atom. The van der Waals surface area contributed by atoms with Crippen LogP contribution in [0.15, 0.2) is 146 Å². The van der Waals surface area contributed by atoms with Gasteiger partial charge in [0, 0.05) is 13.1 Å². The van der Waals surface area contributed by atoms with E-state index in [2.05, 4.69) is 127 Å². The number of hydrogen-bond acceptors (Lipinski definition) is 14. The molecule has 0 aromatic heterocycles. The number of carbonyl (C=O) groups excluding carboxylic acids is 2. The number of benzene rings is 6. The van der Waals surface area contributed by atoms with Gasteiger partial charge >= 0.3 is 0 Å². The molecular weight excluding hydrogens is 1230 g/mol. The quantitative estimate of drug-likeness (QED) is 0.0393. The van der Waals surface area contributed by atoms with Crippen molar-refractivity contribution >= 4 is 78.9 Å². The third-order valence-electron chi connectivity index (χ3n) is 14.8. The zero-order valence-corrected chi connectivity index (χ0v) is 58.6. The maximum atomic E-state index is 13.2. The Bertz CT molecular complexity index is 3390. The summed E-state index contributed by atoms with van der Waals surface area (Å²) in [6.45, 7) is 33.6. The number of hydrogen-bond donors (Lipinski definition) is 6. The van der Waals surface area contributed by atoms with E-state index in [1.807, 2.05) is 38.1 Å². The summed E-state index contributed by atoms with van der Waals surface area (Å²) in [5, 5.41) is 31.3. The average molecular weight is 1310 g/mol. The summed E-state index contributed by atoms with van der Waals surface area (Å²) in [7, 11) is -7.84. The third kappa shape index (κ3) is 18.4. The number of aryl methyl sites for hydroxylation is 2. The number of nitrogens with one attached hydrogen (secondary N) is 4. The second-order valence-corrected chi connectivity index (χ2v) is 34.4. The molecular formula is C68H88N4O10S6. The van der Waals surface area contributed by atoms with Gasteiger partial charge in [0.2, 0.25) is 31.9 Å². The molecule has 7 rings (SSSR count). The van der Waals surface area contributed by atoms with Gasteiger partial charge in [0.05, 0.1) is 74.3 Å². The fraction of sp³-hybridized carbons (Fsp3) is 0.441. The largest absolute Gasteiger partial charge is 0.506 e. The molecule has 0 aliphatic carbocycles. The molecule has 0 saturated carbocycles. The summed E-state index contributed by atoms with van der Waals surface area (Å²) < 4.78 is 71.0. The van der Waals surface area contributed by atoms with Crippen LogP contribution in [-0.2, 0) is 51.3 Å². The first-order valence-corrected chi connectivity index (χ1v) is 36.0. The standard InChI is InChI=1S/C68H88N4O10S6/c1-41-21-25-49(26-22-41)87(77,78)71-43(3)63(75)69-29-17-19-31-81-61-55-37-47(67(11,12)13)38-56(61)84-52-34-46(66(8,9)10)36-54(60(52)74)86-58-40-48(68(14,15)16)39-57(85-53-35-45(65(5,6)7)33-51(83-55)59(53)73)62(58)82-32-20-18-30-70-64(76)44(4)72-88(79,80)50-27-23-42(2)24-28-50/h21-28,33-40,43-44,71-74H,17-20,29-32H2,1-16H3,(H,69,75)(H,70,76). The Kier molecular flexibility index (Phi) is 22.7. The van der Waals surface area contributed by atoms with Crippen molar-refractivity contribution < 1.29 is 46.1 Å². The maximum Gasteiger partial charge on any atom is 0.241 e. The summed E-state index contributed by atoms with van der Waals surface area (Å²) in [6.07, 6.45) is 2.13. The van der Waals surface area contributed by atoms with Gasteiger partial charge in [-0.2, -0.15) is 9.44 Å². The highest BCUT2D eigenvalue weighted by atomic mass is 32.2. The Morgan fingerprint density at radius 2 is 0.682 bits per heavy atom. The van der Waals surface area contributed by atoms with Crippen molar-refractivity contribution in [2.75, 3.05) is 26.3 Å². The van der Waals surface area contributed by atoms with Gasteiger partial charge in [-0.25, -0.2) is 16.8 Å². The Morgan fingerprint density at radius 1 is 0.432 bits per heavy atom. The lowest BCUT2D eigenvalue weighted by Crippen LogP contribution is -2.45. The number of sulfonamides is 2. The first-order valence-electron chi connectivity index (χ1n) is 29.7. The molecule has 1 aliphatic rings. The Labute approximate surface area is 540 Å². The molecule has 0 radical (unpaired) electrons. The minimum absolute atomic E-state index is 0.0811. The zero-order valence-electron chi connectivity index (χ0n) is 53.7. The zero-order chi connectivity index (χ0) is 64.9. The van der Waals surface area contributed by atoms with Gasteiger partial charge in [0.1, 0.15) is 23.0 Å². The van der Waals surface area contributed by atoms with E-state index >= 15 is 0 Å². The highest BCUT2D eigenvalue weighted by Gasteiger charge is 2.31. The lowest BCUT2D eigenvalue weighted by Gasteiger charge is -2.27. The van der Waals surface area contributed by atoms with Crippen LogP contribution in [-0.4, -0.2) is 77.2 Å². The van der Waals surface area contributed by atoms with Gasteiger partial charge < -0.3 is 30.3 Å². The summed E-state index contributed by atoms with van der Waals surface area (Å²) in [6, 6.07) is 27.6. The van der Waals surface area contributed by atoms with Crippen LogP contribution < -0.4 is 29.6 Å². The molecule has 8 bridgehead atoms. The van der Waals surface area contributed by atoms with Crippen molar-refractivity contribution in [3.05, 3.63) is 130 Å². The van der Waals surface area contributed by atoms with Crippen molar-refractivity contribution in [2.45, 2.75) is 219 Å². The van der Waals surface area contributed by atoms with Crippen LogP contribution in [0.4, 0.5) is 0 Å². The first kappa shape index (κ1) is 70.1. The highest BCUT2D eigenvalue weighted by molar-refractivity contribution is 8.01. The van der Waals surface area contributed by atoms with Gasteiger partial charge in [-0.3, -0.25) is 9.59 Å². The van der Waals surface area contributed by atoms with Crippen LogP contribution in [0.2, 0.25) is 0 Å². The number of fused-ring (bicyclic) bond motifs is 8. The Hall–Kier alpha value is -5.32. The number of phenolic OH excluding ortho intramolecular Hbond substituents is 2. The minimum atomic E-state index is -3.92. The van der Waals surface area contributed by atoms with Crippen LogP contribution in [0.3, 0.4) is 0 Å². The van der Waals surface area contributed by atoms with Crippen molar-refractivity contribution in [3.8, 4) is 23.0 Å². The average Bonchev–Trinajstić information content (AvgIpc) is 1.17. The van der Waals surface area contributed by atoms with Gasteiger partial charge in [0.15, 0.2) is 0 Å². The molecule has 1 aliphatic heterocycles.